The van der Waals surface area contributed by atoms with E-state index in [0.717, 1.165) is 14.9 Å². The molecular weight excluding hydrogens is 318 g/mol. The minimum atomic E-state index is -2.77. The van der Waals surface area contributed by atoms with Gasteiger partial charge >= 0.3 is 0 Å². The molecule has 1 atom stereocenters. The summed E-state index contributed by atoms with van der Waals surface area (Å²) in [6.45, 7) is -0.431. The van der Waals surface area contributed by atoms with Crippen LogP contribution in [-0.4, -0.2) is 35.9 Å². The van der Waals surface area contributed by atoms with Gasteiger partial charge < -0.3 is 10.6 Å². The van der Waals surface area contributed by atoms with E-state index < -0.39 is 24.4 Å². The zero-order valence-corrected chi connectivity index (χ0v) is 11.9. The maximum absolute atomic E-state index is 13.0. The number of hydrogen-bond acceptors (Lipinski definition) is 2. The second kappa shape index (κ2) is 5.54. The van der Waals surface area contributed by atoms with E-state index in [0.29, 0.717) is 6.42 Å². The summed E-state index contributed by atoms with van der Waals surface area (Å²) in [6, 6.07) is 6.66. The molecular formula is C13H15BrF2N2O. The normalized spacial score (nSPS) is 19.5. The Kier molecular flexibility index (Phi) is 4.20. The first-order valence-corrected chi connectivity index (χ1v) is 6.83. The van der Waals surface area contributed by atoms with Gasteiger partial charge in [0.05, 0.1) is 12.6 Å². The second-order valence-corrected chi connectivity index (χ2v) is 5.72. The summed E-state index contributed by atoms with van der Waals surface area (Å²) in [7, 11) is 0. The highest BCUT2D eigenvalue weighted by atomic mass is 79.9. The molecule has 19 heavy (non-hydrogen) atoms. The number of likely N-dealkylation sites (tertiary alicyclic amines) is 1. The van der Waals surface area contributed by atoms with E-state index in [4.69, 9.17) is 5.73 Å². The molecule has 2 N–H and O–H groups in total. The standard InChI is InChI=1S/C13H15BrF2N2O/c14-10-3-1-9(2-4-10)7-11(17)12(19)18-6-5-13(15,16)8-18/h1-4,11H,5-8,17H2/t11-/m1/s1. The minimum absolute atomic E-state index is 0.0832. The molecule has 0 unspecified atom stereocenters. The fourth-order valence-corrected chi connectivity index (χ4v) is 2.38. The zero-order chi connectivity index (χ0) is 14.0. The van der Waals surface area contributed by atoms with Gasteiger partial charge in [0.15, 0.2) is 0 Å². The quantitative estimate of drug-likeness (QED) is 0.922. The Bertz CT molecular complexity index is 464. The maximum atomic E-state index is 13.0. The first kappa shape index (κ1) is 14.4. The third-order valence-electron chi connectivity index (χ3n) is 3.17. The predicted octanol–water partition coefficient (Wildman–Crippen LogP) is 2.19. The van der Waals surface area contributed by atoms with Crippen LogP contribution >= 0.6 is 15.9 Å². The summed E-state index contributed by atoms with van der Waals surface area (Å²) in [5, 5.41) is 0. The SMILES string of the molecule is N[C@H](Cc1ccc(Br)cc1)C(=O)N1CCC(F)(F)C1. The monoisotopic (exact) mass is 332 g/mol. The molecule has 0 aliphatic carbocycles. The van der Waals surface area contributed by atoms with Crippen LogP contribution < -0.4 is 5.73 Å². The molecule has 2 rings (SSSR count). The van der Waals surface area contributed by atoms with Crippen molar-refractivity contribution in [2.75, 3.05) is 13.1 Å². The van der Waals surface area contributed by atoms with Gasteiger partial charge in [-0.15, -0.1) is 0 Å². The summed E-state index contributed by atoms with van der Waals surface area (Å²) in [5.74, 6) is -3.17. The van der Waals surface area contributed by atoms with Gasteiger partial charge in [-0.25, -0.2) is 8.78 Å². The van der Waals surface area contributed by atoms with Gasteiger partial charge in [0.25, 0.3) is 5.92 Å². The number of rotatable bonds is 3. The number of nitrogens with two attached hydrogens (primary N) is 1. The average molecular weight is 333 g/mol. The first-order valence-electron chi connectivity index (χ1n) is 6.04. The van der Waals surface area contributed by atoms with E-state index in [-0.39, 0.29) is 13.0 Å². The predicted molar refractivity (Wildman–Crippen MR) is 72.0 cm³/mol. The molecule has 0 radical (unpaired) electrons. The molecule has 1 heterocycles. The van der Waals surface area contributed by atoms with Crippen LogP contribution in [0.5, 0.6) is 0 Å². The van der Waals surface area contributed by atoms with Gasteiger partial charge in [-0.05, 0) is 24.1 Å². The molecule has 0 saturated carbocycles. The van der Waals surface area contributed by atoms with Crippen molar-refractivity contribution in [2.45, 2.75) is 24.8 Å². The van der Waals surface area contributed by atoms with Crippen LogP contribution in [0.25, 0.3) is 0 Å². The minimum Gasteiger partial charge on any atom is -0.335 e. The Morgan fingerprint density at radius 3 is 2.58 bits per heavy atom. The second-order valence-electron chi connectivity index (χ2n) is 4.80. The van der Waals surface area contributed by atoms with Crippen molar-refractivity contribution in [2.24, 2.45) is 5.73 Å². The van der Waals surface area contributed by atoms with Crippen LogP contribution in [0.15, 0.2) is 28.7 Å². The molecule has 1 aliphatic rings. The van der Waals surface area contributed by atoms with Gasteiger partial charge in [0.2, 0.25) is 5.91 Å². The number of amides is 1. The molecule has 0 aromatic heterocycles. The molecule has 1 aromatic carbocycles. The third kappa shape index (κ3) is 3.73. The number of hydrogen-bond donors (Lipinski definition) is 1. The number of carbonyl (C=O) groups is 1. The smallest absolute Gasteiger partial charge is 0.267 e. The van der Waals surface area contributed by atoms with Crippen molar-refractivity contribution in [3.8, 4) is 0 Å². The molecule has 1 amide bonds. The van der Waals surface area contributed by atoms with Gasteiger partial charge in [-0.2, -0.15) is 0 Å². The molecule has 1 saturated heterocycles. The summed E-state index contributed by atoms with van der Waals surface area (Å²) in [5.41, 5.74) is 6.72. The summed E-state index contributed by atoms with van der Waals surface area (Å²) >= 11 is 3.32. The summed E-state index contributed by atoms with van der Waals surface area (Å²) < 4.78 is 27.0. The highest BCUT2D eigenvalue weighted by Crippen LogP contribution is 2.27. The Hall–Kier alpha value is -1.01. The lowest BCUT2D eigenvalue weighted by atomic mass is 10.1. The first-order chi connectivity index (χ1) is 8.87. The molecule has 104 valence electrons. The van der Waals surface area contributed by atoms with Crippen LogP contribution in [-0.2, 0) is 11.2 Å². The van der Waals surface area contributed by atoms with E-state index in [9.17, 15) is 13.6 Å². The van der Waals surface area contributed by atoms with Gasteiger partial charge in [0.1, 0.15) is 0 Å². The zero-order valence-electron chi connectivity index (χ0n) is 10.3. The Morgan fingerprint density at radius 2 is 2.05 bits per heavy atom. The molecule has 3 nitrogen and oxygen atoms in total. The van der Waals surface area contributed by atoms with Crippen molar-refractivity contribution >= 4 is 21.8 Å². The fourth-order valence-electron chi connectivity index (χ4n) is 2.12. The maximum Gasteiger partial charge on any atom is 0.267 e. The van der Waals surface area contributed by atoms with Crippen molar-refractivity contribution in [3.05, 3.63) is 34.3 Å². The summed E-state index contributed by atoms with van der Waals surface area (Å²) in [6.07, 6.45) is 0.0813. The van der Waals surface area contributed by atoms with E-state index in [1.54, 1.807) is 0 Å². The third-order valence-corrected chi connectivity index (χ3v) is 3.70. The molecule has 0 bridgehead atoms. The lowest BCUT2D eigenvalue weighted by molar-refractivity contribution is -0.133. The van der Waals surface area contributed by atoms with Crippen molar-refractivity contribution < 1.29 is 13.6 Å². The molecule has 1 fully saturated rings. The highest BCUT2D eigenvalue weighted by molar-refractivity contribution is 9.10. The van der Waals surface area contributed by atoms with E-state index in [1.807, 2.05) is 24.3 Å². The van der Waals surface area contributed by atoms with E-state index in [2.05, 4.69) is 15.9 Å². The average Bonchev–Trinajstić information content (AvgIpc) is 2.71. The lowest BCUT2D eigenvalue weighted by Crippen LogP contribution is -2.44. The van der Waals surface area contributed by atoms with Crippen LogP contribution in [0.4, 0.5) is 8.78 Å². The van der Waals surface area contributed by atoms with Crippen molar-refractivity contribution in [1.29, 1.82) is 0 Å². The lowest BCUT2D eigenvalue weighted by Gasteiger charge is -2.20. The van der Waals surface area contributed by atoms with Crippen LogP contribution in [0.2, 0.25) is 0 Å². The van der Waals surface area contributed by atoms with E-state index >= 15 is 0 Å². The van der Waals surface area contributed by atoms with Gasteiger partial charge in [-0.3, -0.25) is 4.79 Å². The van der Waals surface area contributed by atoms with Crippen LogP contribution in [0.3, 0.4) is 0 Å². The fraction of sp³-hybridized carbons (Fsp3) is 0.462. The number of alkyl halides is 2. The topological polar surface area (TPSA) is 46.3 Å². The Morgan fingerprint density at radius 1 is 1.42 bits per heavy atom. The van der Waals surface area contributed by atoms with Crippen molar-refractivity contribution in [3.63, 3.8) is 0 Å². The van der Waals surface area contributed by atoms with E-state index in [1.165, 1.54) is 0 Å². The number of benzene rings is 1. The van der Waals surface area contributed by atoms with Crippen LogP contribution in [0, 0.1) is 0 Å². The van der Waals surface area contributed by atoms with Gasteiger partial charge in [-0.1, -0.05) is 28.1 Å². The Balaban J connectivity index is 1.94. The largest absolute Gasteiger partial charge is 0.335 e. The van der Waals surface area contributed by atoms with Crippen LogP contribution in [0.1, 0.15) is 12.0 Å². The molecule has 1 aliphatic heterocycles. The van der Waals surface area contributed by atoms with Crippen molar-refractivity contribution in [1.82, 2.24) is 4.90 Å². The molecule has 1 aromatic rings. The number of halogens is 3. The number of nitrogens with zero attached hydrogens (tertiary/aromatic N) is 1. The summed E-state index contributed by atoms with van der Waals surface area (Å²) in [4.78, 5) is 13.1. The van der Waals surface area contributed by atoms with Gasteiger partial charge in [0, 0.05) is 17.4 Å². The Labute approximate surface area is 118 Å². The molecule has 6 heteroatoms. The highest BCUT2D eigenvalue weighted by Gasteiger charge is 2.41. The number of carbonyl (C=O) groups excluding carboxylic acids is 1. The molecule has 0 spiro atoms.